The Morgan fingerprint density at radius 1 is 1.37 bits per heavy atom. The number of fused-ring (bicyclic) bond motifs is 1. The van der Waals surface area contributed by atoms with Crippen LogP contribution in [0.5, 0.6) is 0 Å². The number of H-pyrrole nitrogens is 1. The van der Waals surface area contributed by atoms with E-state index in [2.05, 4.69) is 41.6 Å². The summed E-state index contributed by atoms with van der Waals surface area (Å²) in [5, 5.41) is 0. The molecule has 1 aliphatic rings. The largest absolute Gasteiger partial charge is 0.381 e. The smallest absolute Gasteiger partial charge is 0.178 e. The van der Waals surface area contributed by atoms with Crippen molar-refractivity contribution in [3.63, 3.8) is 0 Å². The first kappa shape index (κ1) is 12.9. The van der Waals surface area contributed by atoms with Crippen molar-refractivity contribution >= 4 is 23.3 Å². The van der Waals surface area contributed by atoms with Crippen molar-refractivity contribution < 1.29 is 4.74 Å². The molecule has 0 aliphatic carbocycles. The summed E-state index contributed by atoms with van der Waals surface area (Å²) >= 11 is 5.51. The number of aromatic nitrogens is 2. The van der Waals surface area contributed by atoms with E-state index in [4.69, 9.17) is 17.0 Å². The number of nitrogens with zero attached hydrogens (tertiary/aromatic N) is 1. The Labute approximate surface area is 118 Å². The van der Waals surface area contributed by atoms with Gasteiger partial charge in [0.2, 0.25) is 0 Å². The van der Waals surface area contributed by atoms with Gasteiger partial charge >= 0.3 is 0 Å². The van der Waals surface area contributed by atoms with Gasteiger partial charge in [-0.15, -0.1) is 0 Å². The second kappa shape index (κ2) is 4.76. The Bertz CT molecular complexity index is 650. The standard InChI is InChI=1S/C15H20N2OS/c1-11-4-3-5-12-13(11)17(14(19)16-12)10-15(2)6-8-18-9-7-15/h3-5H,6-10H2,1-2H3,(H,16,19). The summed E-state index contributed by atoms with van der Waals surface area (Å²) in [7, 11) is 0. The second-order valence-corrected chi connectivity index (χ2v) is 6.30. The van der Waals surface area contributed by atoms with Gasteiger partial charge in [-0.1, -0.05) is 19.1 Å². The van der Waals surface area contributed by atoms with E-state index >= 15 is 0 Å². The lowest BCUT2D eigenvalue weighted by atomic mass is 9.82. The first-order chi connectivity index (χ1) is 9.09. The van der Waals surface area contributed by atoms with Crippen LogP contribution in [0.3, 0.4) is 0 Å². The van der Waals surface area contributed by atoms with Gasteiger partial charge in [0.05, 0.1) is 11.0 Å². The van der Waals surface area contributed by atoms with Gasteiger partial charge < -0.3 is 14.3 Å². The number of para-hydroxylation sites is 1. The number of ether oxygens (including phenoxy) is 1. The summed E-state index contributed by atoms with van der Waals surface area (Å²) in [6.07, 6.45) is 2.21. The zero-order chi connectivity index (χ0) is 13.5. The molecule has 0 unspecified atom stereocenters. The number of aryl methyl sites for hydroxylation is 1. The van der Waals surface area contributed by atoms with Gasteiger partial charge in [0.15, 0.2) is 4.77 Å². The summed E-state index contributed by atoms with van der Waals surface area (Å²) in [4.78, 5) is 3.32. The van der Waals surface area contributed by atoms with Gasteiger partial charge in [0, 0.05) is 19.8 Å². The molecule has 1 aromatic carbocycles. The highest BCUT2D eigenvalue weighted by molar-refractivity contribution is 7.71. The lowest BCUT2D eigenvalue weighted by Crippen LogP contribution is -2.31. The first-order valence-electron chi connectivity index (χ1n) is 6.85. The topological polar surface area (TPSA) is 29.9 Å². The fourth-order valence-electron chi connectivity index (χ4n) is 2.96. The van der Waals surface area contributed by atoms with Crippen LogP contribution >= 0.6 is 12.2 Å². The molecule has 1 fully saturated rings. The number of rotatable bonds is 2. The number of benzene rings is 1. The van der Waals surface area contributed by atoms with Gasteiger partial charge in [0.1, 0.15) is 0 Å². The highest BCUT2D eigenvalue weighted by atomic mass is 32.1. The minimum Gasteiger partial charge on any atom is -0.381 e. The quantitative estimate of drug-likeness (QED) is 0.845. The third kappa shape index (κ3) is 2.35. The summed E-state index contributed by atoms with van der Waals surface area (Å²) < 4.78 is 8.58. The van der Waals surface area contributed by atoms with Crippen LogP contribution in [0.1, 0.15) is 25.3 Å². The number of aromatic amines is 1. The third-order valence-electron chi connectivity index (χ3n) is 4.23. The van der Waals surface area contributed by atoms with Crippen molar-refractivity contribution in [1.82, 2.24) is 9.55 Å². The Morgan fingerprint density at radius 2 is 2.11 bits per heavy atom. The maximum absolute atomic E-state index is 5.51. The predicted molar refractivity (Wildman–Crippen MR) is 80.0 cm³/mol. The molecular weight excluding hydrogens is 256 g/mol. The van der Waals surface area contributed by atoms with Gasteiger partial charge in [0.25, 0.3) is 0 Å². The monoisotopic (exact) mass is 276 g/mol. The van der Waals surface area contributed by atoms with Crippen molar-refractivity contribution in [2.24, 2.45) is 5.41 Å². The van der Waals surface area contributed by atoms with Crippen molar-refractivity contribution in [3.05, 3.63) is 28.5 Å². The molecule has 1 N–H and O–H groups in total. The Kier molecular flexibility index (Phi) is 3.23. The maximum atomic E-state index is 5.51. The normalized spacial score (nSPS) is 18.8. The van der Waals surface area contributed by atoms with Gasteiger partial charge in [-0.25, -0.2) is 0 Å². The molecule has 4 heteroatoms. The molecule has 3 rings (SSSR count). The van der Waals surface area contributed by atoms with Crippen molar-refractivity contribution in [1.29, 1.82) is 0 Å². The predicted octanol–water partition coefficient (Wildman–Crippen LogP) is 3.82. The number of nitrogens with one attached hydrogen (secondary N) is 1. The zero-order valence-corrected chi connectivity index (χ0v) is 12.3. The molecule has 102 valence electrons. The molecule has 19 heavy (non-hydrogen) atoms. The van der Waals surface area contributed by atoms with Crippen molar-refractivity contribution in [3.8, 4) is 0 Å². The van der Waals surface area contributed by atoms with E-state index in [1.807, 2.05) is 0 Å². The SMILES string of the molecule is Cc1cccc2[nH]c(=S)n(CC3(C)CCOCC3)c12. The van der Waals surface area contributed by atoms with Gasteiger partial charge in [-0.05, 0) is 49.0 Å². The summed E-state index contributed by atoms with van der Waals surface area (Å²) in [6, 6.07) is 6.32. The molecule has 0 bridgehead atoms. The molecule has 1 aromatic heterocycles. The van der Waals surface area contributed by atoms with Crippen LogP contribution in [0.2, 0.25) is 0 Å². The number of hydrogen-bond acceptors (Lipinski definition) is 2. The van der Waals surface area contributed by atoms with Gasteiger partial charge in [-0.3, -0.25) is 0 Å². The first-order valence-corrected chi connectivity index (χ1v) is 7.26. The highest BCUT2D eigenvalue weighted by Crippen LogP contribution is 2.33. The Hall–Kier alpha value is -1.13. The molecule has 2 heterocycles. The molecule has 0 spiro atoms. The summed E-state index contributed by atoms with van der Waals surface area (Å²) in [5.74, 6) is 0. The van der Waals surface area contributed by atoms with Crippen LogP contribution in [0.25, 0.3) is 11.0 Å². The summed E-state index contributed by atoms with van der Waals surface area (Å²) in [6.45, 7) is 7.19. The van der Waals surface area contributed by atoms with Crippen LogP contribution < -0.4 is 0 Å². The van der Waals surface area contributed by atoms with E-state index in [0.29, 0.717) is 0 Å². The molecule has 0 amide bonds. The molecule has 1 saturated heterocycles. The Morgan fingerprint density at radius 3 is 2.84 bits per heavy atom. The van der Waals surface area contributed by atoms with Crippen molar-refractivity contribution in [2.45, 2.75) is 33.2 Å². The highest BCUT2D eigenvalue weighted by Gasteiger charge is 2.28. The van der Waals surface area contributed by atoms with E-state index in [1.54, 1.807) is 0 Å². The lowest BCUT2D eigenvalue weighted by Gasteiger charge is -2.34. The van der Waals surface area contributed by atoms with Crippen molar-refractivity contribution in [2.75, 3.05) is 13.2 Å². The van der Waals surface area contributed by atoms with E-state index in [0.717, 1.165) is 42.9 Å². The van der Waals surface area contributed by atoms with E-state index in [9.17, 15) is 0 Å². The molecule has 1 aliphatic heterocycles. The van der Waals surface area contributed by atoms with Crippen LogP contribution in [-0.2, 0) is 11.3 Å². The van der Waals surface area contributed by atoms with E-state index in [-0.39, 0.29) is 5.41 Å². The zero-order valence-electron chi connectivity index (χ0n) is 11.5. The molecule has 0 saturated carbocycles. The average molecular weight is 276 g/mol. The number of hydrogen-bond donors (Lipinski definition) is 1. The van der Waals surface area contributed by atoms with Crippen LogP contribution in [-0.4, -0.2) is 22.8 Å². The lowest BCUT2D eigenvalue weighted by molar-refractivity contribution is 0.0158. The van der Waals surface area contributed by atoms with E-state index in [1.165, 1.54) is 11.1 Å². The molecule has 0 atom stereocenters. The fourth-order valence-corrected chi connectivity index (χ4v) is 3.22. The minimum atomic E-state index is 0.286. The van der Waals surface area contributed by atoms with Crippen LogP contribution in [0, 0.1) is 17.1 Å². The Balaban J connectivity index is 2.05. The molecule has 3 nitrogen and oxygen atoms in total. The third-order valence-corrected chi connectivity index (χ3v) is 4.56. The minimum absolute atomic E-state index is 0.286. The molecule has 0 radical (unpaired) electrons. The second-order valence-electron chi connectivity index (χ2n) is 5.91. The fraction of sp³-hybridized carbons (Fsp3) is 0.533. The average Bonchev–Trinajstić information content (AvgIpc) is 2.68. The van der Waals surface area contributed by atoms with Crippen LogP contribution in [0.4, 0.5) is 0 Å². The van der Waals surface area contributed by atoms with E-state index < -0.39 is 0 Å². The van der Waals surface area contributed by atoms with Gasteiger partial charge in [-0.2, -0.15) is 0 Å². The van der Waals surface area contributed by atoms with Crippen LogP contribution in [0.15, 0.2) is 18.2 Å². The molecular formula is C15H20N2OS. The number of imidazole rings is 1. The summed E-state index contributed by atoms with van der Waals surface area (Å²) in [5.41, 5.74) is 3.95. The maximum Gasteiger partial charge on any atom is 0.178 e. The molecule has 2 aromatic rings.